The van der Waals surface area contributed by atoms with Crippen LogP contribution in [0.5, 0.6) is 5.75 Å². The van der Waals surface area contributed by atoms with Crippen molar-refractivity contribution >= 4 is 17.3 Å². The fraction of sp³-hybridized carbons (Fsp3) is 0.250. The van der Waals surface area contributed by atoms with Gasteiger partial charge in [0.25, 0.3) is 0 Å². The monoisotopic (exact) mass is 243 g/mol. The Morgan fingerprint density at radius 3 is 2.40 bits per heavy atom. The fourth-order valence-corrected chi connectivity index (χ4v) is 1.02. The molecule has 1 aromatic carbocycles. The van der Waals surface area contributed by atoms with Crippen molar-refractivity contribution in [2.45, 2.75) is 12.5 Å². The lowest BCUT2D eigenvalue weighted by Crippen LogP contribution is -2.33. The summed E-state index contributed by atoms with van der Waals surface area (Å²) in [4.78, 5) is 0. The van der Waals surface area contributed by atoms with Gasteiger partial charge in [-0.2, -0.15) is 17.6 Å². The first-order valence-electron chi connectivity index (χ1n) is 3.73. The van der Waals surface area contributed by atoms with E-state index in [0.29, 0.717) is 0 Å². The summed E-state index contributed by atoms with van der Waals surface area (Å²) in [6, 6.07) is 3.33. The first-order chi connectivity index (χ1) is 6.83. The summed E-state index contributed by atoms with van der Waals surface area (Å²) in [7, 11) is 0. The number of hydrogen-bond acceptors (Lipinski definition) is 2. The van der Waals surface area contributed by atoms with Gasteiger partial charge in [-0.15, -0.1) is 0 Å². The highest BCUT2D eigenvalue weighted by Crippen LogP contribution is 2.33. The van der Waals surface area contributed by atoms with Crippen molar-refractivity contribution < 1.29 is 22.3 Å². The van der Waals surface area contributed by atoms with Crippen LogP contribution in [-0.4, -0.2) is 12.5 Å². The molecule has 0 aliphatic heterocycles. The van der Waals surface area contributed by atoms with Crippen molar-refractivity contribution in [3.63, 3.8) is 0 Å². The Hall–Kier alpha value is -1.17. The van der Waals surface area contributed by atoms with Crippen LogP contribution >= 0.6 is 11.6 Å². The zero-order valence-electron chi connectivity index (χ0n) is 7.18. The average Bonchev–Trinajstić information content (AvgIpc) is 2.09. The lowest BCUT2D eigenvalue weighted by atomic mass is 10.3. The van der Waals surface area contributed by atoms with Crippen LogP contribution in [0.2, 0.25) is 5.02 Å². The molecule has 0 atom stereocenters. The summed E-state index contributed by atoms with van der Waals surface area (Å²) < 4.78 is 52.2. The largest absolute Gasteiger partial charge is 0.461 e. The van der Waals surface area contributed by atoms with Gasteiger partial charge in [-0.3, -0.25) is 0 Å². The predicted octanol–water partition coefficient (Wildman–Crippen LogP) is 3.16. The van der Waals surface area contributed by atoms with Crippen molar-refractivity contribution in [3.05, 3.63) is 23.2 Å². The molecule has 0 bridgehead atoms. The average molecular weight is 244 g/mol. The van der Waals surface area contributed by atoms with Crippen LogP contribution in [0.3, 0.4) is 0 Å². The Kier molecular flexibility index (Phi) is 3.28. The quantitative estimate of drug-likeness (QED) is 0.654. The van der Waals surface area contributed by atoms with E-state index in [1.807, 2.05) is 0 Å². The van der Waals surface area contributed by atoms with E-state index in [1.54, 1.807) is 0 Å². The van der Waals surface area contributed by atoms with Crippen molar-refractivity contribution in [1.82, 2.24) is 0 Å². The molecule has 0 amide bonds. The van der Waals surface area contributed by atoms with Gasteiger partial charge in [0.05, 0.1) is 5.02 Å². The Labute approximate surface area is 87.6 Å². The lowest BCUT2D eigenvalue weighted by Gasteiger charge is -2.17. The molecule has 7 heteroatoms. The van der Waals surface area contributed by atoms with E-state index in [2.05, 4.69) is 4.74 Å². The minimum Gasteiger partial charge on any atom is -0.427 e. The predicted molar refractivity (Wildman–Crippen MR) is 47.4 cm³/mol. The van der Waals surface area contributed by atoms with E-state index in [1.165, 1.54) is 6.07 Å². The van der Waals surface area contributed by atoms with Crippen LogP contribution in [0.25, 0.3) is 0 Å². The number of ether oxygens (including phenoxy) is 1. The first kappa shape index (κ1) is 11.9. The van der Waals surface area contributed by atoms with Gasteiger partial charge in [0.2, 0.25) is 0 Å². The molecule has 0 unspecified atom stereocenters. The highest BCUT2D eigenvalue weighted by Gasteiger charge is 2.44. The second-order valence-electron chi connectivity index (χ2n) is 2.65. The minimum absolute atomic E-state index is 0.215. The molecule has 0 heterocycles. The van der Waals surface area contributed by atoms with Gasteiger partial charge in [-0.25, -0.2) is 0 Å². The van der Waals surface area contributed by atoms with Crippen LogP contribution in [0, 0.1) is 0 Å². The van der Waals surface area contributed by atoms with Gasteiger partial charge in [0, 0.05) is 5.69 Å². The van der Waals surface area contributed by atoms with Crippen LogP contribution in [0.15, 0.2) is 18.2 Å². The number of halogens is 5. The Balaban J connectivity index is 2.90. The molecule has 0 aliphatic rings. The minimum atomic E-state index is -4.57. The van der Waals surface area contributed by atoms with Crippen LogP contribution < -0.4 is 10.5 Å². The summed E-state index contributed by atoms with van der Waals surface area (Å²) in [5.41, 5.74) is 5.49. The highest BCUT2D eigenvalue weighted by molar-refractivity contribution is 6.32. The summed E-state index contributed by atoms with van der Waals surface area (Å²) in [5.74, 6) is -0.545. The number of benzene rings is 1. The molecule has 1 aromatic rings. The zero-order chi connectivity index (χ0) is 11.6. The normalized spacial score (nSPS) is 11.9. The van der Waals surface area contributed by atoms with Crippen LogP contribution in [-0.2, 0) is 0 Å². The van der Waals surface area contributed by atoms with E-state index in [9.17, 15) is 17.6 Å². The summed E-state index contributed by atoms with van der Waals surface area (Å²) in [5, 5.41) is -0.254. The molecule has 0 radical (unpaired) electrons. The number of nitrogens with two attached hydrogens (primary N) is 1. The van der Waals surface area contributed by atoms with Crippen molar-refractivity contribution in [3.8, 4) is 5.75 Å². The summed E-state index contributed by atoms with van der Waals surface area (Å²) >= 11 is 5.46. The molecule has 0 spiro atoms. The second-order valence-corrected chi connectivity index (χ2v) is 3.06. The van der Waals surface area contributed by atoms with Crippen LogP contribution in [0.4, 0.5) is 23.2 Å². The van der Waals surface area contributed by atoms with Gasteiger partial charge in [-0.05, 0) is 18.2 Å². The zero-order valence-corrected chi connectivity index (χ0v) is 7.94. The van der Waals surface area contributed by atoms with E-state index in [4.69, 9.17) is 17.3 Å². The lowest BCUT2D eigenvalue weighted by molar-refractivity contribution is -0.253. The maximum atomic E-state index is 12.5. The fourth-order valence-electron chi connectivity index (χ4n) is 0.791. The Morgan fingerprint density at radius 1 is 1.33 bits per heavy atom. The standard InChI is InChI=1S/C8H6ClF4NO/c9-5-3-4(14)1-2-6(5)15-8(12,13)7(10)11/h1-3,7H,14H2. The van der Waals surface area contributed by atoms with E-state index in [-0.39, 0.29) is 10.7 Å². The number of rotatable bonds is 3. The molecule has 0 aliphatic carbocycles. The Bertz CT molecular complexity index is 358. The van der Waals surface area contributed by atoms with Gasteiger partial charge in [0.1, 0.15) is 5.75 Å². The molecule has 84 valence electrons. The molecule has 2 nitrogen and oxygen atoms in total. The maximum absolute atomic E-state index is 12.5. The highest BCUT2D eigenvalue weighted by atomic mass is 35.5. The molecule has 0 saturated heterocycles. The topological polar surface area (TPSA) is 35.2 Å². The molecular formula is C8H6ClF4NO. The molecule has 0 aromatic heterocycles. The number of nitrogen functional groups attached to an aromatic ring is 1. The Morgan fingerprint density at radius 2 is 1.93 bits per heavy atom. The number of hydrogen-bond donors (Lipinski definition) is 1. The van der Waals surface area contributed by atoms with E-state index >= 15 is 0 Å². The van der Waals surface area contributed by atoms with Gasteiger partial charge < -0.3 is 10.5 Å². The maximum Gasteiger partial charge on any atom is 0.461 e. The van der Waals surface area contributed by atoms with Gasteiger partial charge in [0.15, 0.2) is 0 Å². The summed E-state index contributed by atoms with van der Waals surface area (Å²) in [6.45, 7) is 0. The molecule has 0 saturated carbocycles. The third-order valence-corrected chi connectivity index (χ3v) is 1.75. The third kappa shape index (κ3) is 2.89. The van der Waals surface area contributed by atoms with Gasteiger partial charge >= 0.3 is 12.5 Å². The second kappa shape index (κ2) is 4.14. The SMILES string of the molecule is Nc1ccc(OC(F)(F)C(F)F)c(Cl)c1. The third-order valence-electron chi connectivity index (χ3n) is 1.46. The number of anilines is 1. The summed E-state index contributed by atoms with van der Waals surface area (Å²) in [6.07, 6.45) is -8.49. The number of alkyl halides is 4. The van der Waals surface area contributed by atoms with Crippen molar-refractivity contribution in [1.29, 1.82) is 0 Å². The smallest absolute Gasteiger partial charge is 0.427 e. The first-order valence-corrected chi connectivity index (χ1v) is 4.10. The van der Waals surface area contributed by atoms with E-state index in [0.717, 1.165) is 12.1 Å². The molecular weight excluding hydrogens is 238 g/mol. The molecule has 2 N–H and O–H groups in total. The van der Waals surface area contributed by atoms with Gasteiger partial charge in [-0.1, -0.05) is 11.6 Å². The van der Waals surface area contributed by atoms with E-state index < -0.39 is 18.3 Å². The molecule has 15 heavy (non-hydrogen) atoms. The van der Waals surface area contributed by atoms with Crippen molar-refractivity contribution in [2.24, 2.45) is 0 Å². The molecule has 0 fully saturated rings. The van der Waals surface area contributed by atoms with Crippen molar-refractivity contribution in [2.75, 3.05) is 5.73 Å². The van der Waals surface area contributed by atoms with Crippen LogP contribution in [0.1, 0.15) is 0 Å². The molecule has 1 rings (SSSR count).